The lowest BCUT2D eigenvalue weighted by atomic mass is 10.1. The fraction of sp³-hybridized carbons (Fsp3) is 0.188. The van der Waals surface area contributed by atoms with Crippen LogP contribution in [0.1, 0.15) is 28.9 Å². The monoisotopic (exact) mass is 270 g/mol. The third-order valence-corrected chi connectivity index (χ3v) is 2.98. The van der Waals surface area contributed by atoms with E-state index in [1.807, 2.05) is 18.2 Å². The fourth-order valence-electron chi connectivity index (χ4n) is 1.84. The molecule has 4 heteroatoms. The summed E-state index contributed by atoms with van der Waals surface area (Å²) in [7, 11) is 0. The Morgan fingerprint density at radius 2 is 2.10 bits per heavy atom. The highest BCUT2D eigenvalue weighted by atomic mass is 16.3. The minimum Gasteiger partial charge on any atom is -0.472 e. The molecule has 0 spiro atoms. The summed E-state index contributed by atoms with van der Waals surface area (Å²) >= 11 is 0. The van der Waals surface area contributed by atoms with Crippen LogP contribution in [0.15, 0.2) is 59.9 Å². The molecule has 0 saturated carbocycles. The maximum atomic E-state index is 11.7. The second-order valence-corrected chi connectivity index (χ2v) is 4.50. The van der Waals surface area contributed by atoms with Gasteiger partial charge < -0.3 is 15.1 Å². The highest BCUT2D eigenvalue weighted by molar-refractivity contribution is 5.94. The van der Waals surface area contributed by atoms with Crippen molar-refractivity contribution in [3.8, 4) is 0 Å². The number of carbonyl (C=O) groups excluding carboxylic acids is 1. The Morgan fingerprint density at radius 3 is 2.70 bits per heavy atom. The molecule has 0 aliphatic carbocycles. The topological polar surface area (TPSA) is 54.3 Å². The second kappa shape index (κ2) is 6.61. The third-order valence-electron chi connectivity index (χ3n) is 2.98. The summed E-state index contributed by atoms with van der Waals surface area (Å²) in [6.45, 7) is 6.08. The van der Waals surface area contributed by atoms with E-state index < -0.39 is 0 Å². The lowest BCUT2D eigenvalue weighted by Crippen LogP contribution is -2.23. The molecular formula is C16H18N2O2. The normalized spacial score (nSPS) is 11.7. The van der Waals surface area contributed by atoms with Crippen molar-refractivity contribution in [1.29, 1.82) is 0 Å². The quantitative estimate of drug-likeness (QED) is 0.791. The van der Waals surface area contributed by atoms with Crippen molar-refractivity contribution < 1.29 is 9.21 Å². The summed E-state index contributed by atoms with van der Waals surface area (Å²) < 4.78 is 5.06. The first-order chi connectivity index (χ1) is 9.70. The summed E-state index contributed by atoms with van der Waals surface area (Å²) in [5, 5.41) is 6.09. The SMILES string of the molecule is C=CCNC(=O)c1ccc(NC(C)c2ccoc2)cc1. The highest BCUT2D eigenvalue weighted by Crippen LogP contribution is 2.19. The number of anilines is 1. The van der Waals surface area contributed by atoms with E-state index in [0.717, 1.165) is 11.3 Å². The van der Waals surface area contributed by atoms with Crippen molar-refractivity contribution >= 4 is 11.6 Å². The van der Waals surface area contributed by atoms with Crippen molar-refractivity contribution in [2.45, 2.75) is 13.0 Å². The third kappa shape index (κ3) is 3.51. The first-order valence-electron chi connectivity index (χ1n) is 6.48. The average molecular weight is 270 g/mol. The van der Waals surface area contributed by atoms with E-state index >= 15 is 0 Å². The zero-order chi connectivity index (χ0) is 14.4. The largest absolute Gasteiger partial charge is 0.472 e. The molecule has 1 atom stereocenters. The van der Waals surface area contributed by atoms with Gasteiger partial charge in [0.25, 0.3) is 5.91 Å². The van der Waals surface area contributed by atoms with E-state index in [-0.39, 0.29) is 11.9 Å². The first-order valence-corrected chi connectivity index (χ1v) is 6.48. The number of hydrogen-bond acceptors (Lipinski definition) is 3. The molecule has 0 radical (unpaired) electrons. The van der Waals surface area contributed by atoms with E-state index in [9.17, 15) is 4.79 Å². The van der Waals surface area contributed by atoms with Crippen molar-refractivity contribution in [3.05, 3.63) is 66.6 Å². The molecule has 2 N–H and O–H groups in total. The molecule has 4 nitrogen and oxygen atoms in total. The van der Waals surface area contributed by atoms with Gasteiger partial charge in [-0.15, -0.1) is 6.58 Å². The Hall–Kier alpha value is -2.49. The standard InChI is InChI=1S/C16H18N2O2/c1-3-9-17-16(19)13-4-6-15(7-5-13)18-12(2)14-8-10-20-11-14/h3-8,10-12,18H,1,9H2,2H3,(H,17,19). The Labute approximate surface area is 118 Å². The number of nitrogens with one attached hydrogen (secondary N) is 2. The predicted molar refractivity (Wildman–Crippen MR) is 79.7 cm³/mol. The maximum Gasteiger partial charge on any atom is 0.251 e. The predicted octanol–water partition coefficient (Wildman–Crippen LogP) is 3.37. The second-order valence-electron chi connectivity index (χ2n) is 4.50. The summed E-state index contributed by atoms with van der Waals surface area (Å²) in [4.78, 5) is 11.7. The summed E-state index contributed by atoms with van der Waals surface area (Å²) in [5.41, 5.74) is 2.67. The Balaban J connectivity index is 1.97. The molecule has 104 valence electrons. The van der Waals surface area contributed by atoms with Gasteiger partial charge in [0.1, 0.15) is 0 Å². The Morgan fingerprint density at radius 1 is 1.35 bits per heavy atom. The van der Waals surface area contributed by atoms with E-state index in [4.69, 9.17) is 4.42 Å². The molecule has 0 aliphatic heterocycles. The van der Waals surface area contributed by atoms with E-state index in [1.165, 1.54) is 0 Å². The van der Waals surface area contributed by atoms with Crippen molar-refractivity contribution in [2.24, 2.45) is 0 Å². The van der Waals surface area contributed by atoms with Gasteiger partial charge in [-0.25, -0.2) is 0 Å². The number of furan rings is 1. The van der Waals surface area contributed by atoms with Gasteiger partial charge in [-0.2, -0.15) is 0 Å². The minimum absolute atomic E-state index is 0.0978. The number of hydrogen-bond donors (Lipinski definition) is 2. The molecule has 0 saturated heterocycles. The van der Waals surface area contributed by atoms with Crippen LogP contribution in [0, 0.1) is 0 Å². The molecule has 1 unspecified atom stereocenters. The molecule has 2 aromatic rings. The van der Waals surface area contributed by atoms with Crippen LogP contribution in [0.25, 0.3) is 0 Å². The fourth-order valence-corrected chi connectivity index (χ4v) is 1.84. The molecular weight excluding hydrogens is 252 g/mol. The van der Waals surface area contributed by atoms with Gasteiger partial charge >= 0.3 is 0 Å². The van der Waals surface area contributed by atoms with Crippen molar-refractivity contribution in [1.82, 2.24) is 5.32 Å². The van der Waals surface area contributed by atoms with Gasteiger partial charge in [-0.1, -0.05) is 6.08 Å². The maximum absolute atomic E-state index is 11.7. The minimum atomic E-state index is -0.0978. The molecule has 1 heterocycles. The molecule has 1 amide bonds. The number of rotatable bonds is 6. The lowest BCUT2D eigenvalue weighted by Gasteiger charge is -2.13. The van der Waals surface area contributed by atoms with E-state index in [2.05, 4.69) is 24.1 Å². The molecule has 0 bridgehead atoms. The number of benzene rings is 1. The molecule has 20 heavy (non-hydrogen) atoms. The lowest BCUT2D eigenvalue weighted by molar-refractivity contribution is 0.0958. The summed E-state index contributed by atoms with van der Waals surface area (Å²) in [5.74, 6) is -0.0978. The van der Waals surface area contributed by atoms with Crippen LogP contribution in [0.4, 0.5) is 5.69 Å². The first kappa shape index (κ1) is 13.9. The van der Waals surface area contributed by atoms with Crippen LogP contribution in [0.5, 0.6) is 0 Å². The van der Waals surface area contributed by atoms with E-state index in [0.29, 0.717) is 12.1 Å². The van der Waals surface area contributed by atoms with Crippen LogP contribution in [-0.4, -0.2) is 12.5 Å². The van der Waals surface area contributed by atoms with Gasteiger partial charge in [0, 0.05) is 23.4 Å². The van der Waals surface area contributed by atoms with Gasteiger partial charge in [-0.05, 0) is 37.3 Å². The number of amides is 1. The van der Waals surface area contributed by atoms with Crippen molar-refractivity contribution in [3.63, 3.8) is 0 Å². The molecule has 0 aliphatic rings. The summed E-state index contributed by atoms with van der Waals surface area (Å²) in [6.07, 6.45) is 5.02. The van der Waals surface area contributed by atoms with Gasteiger partial charge in [0.15, 0.2) is 0 Å². The van der Waals surface area contributed by atoms with Crippen LogP contribution in [-0.2, 0) is 0 Å². The molecule has 2 rings (SSSR count). The Kier molecular flexibility index (Phi) is 4.60. The molecule has 1 aromatic heterocycles. The van der Waals surface area contributed by atoms with Crippen LogP contribution < -0.4 is 10.6 Å². The van der Waals surface area contributed by atoms with E-state index in [1.54, 1.807) is 30.7 Å². The molecule has 0 fully saturated rings. The van der Waals surface area contributed by atoms with Gasteiger partial charge in [0.05, 0.1) is 18.6 Å². The van der Waals surface area contributed by atoms with Crippen LogP contribution >= 0.6 is 0 Å². The van der Waals surface area contributed by atoms with Crippen LogP contribution in [0.2, 0.25) is 0 Å². The average Bonchev–Trinajstić information content (AvgIpc) is 3.00. The van der Waals surface area contributed by atoms with Gasteiger partial charge in [-0.3, -0.25) is 4.79 Å². The Bertz CT molecular complexity index is 559. The highest BCUT2D eigenvalue weighted by Gasteiger charge is 2.07. The van der Waals surface area contributed by atoms with Gasteiger partial charge in [0.2, 0.25) is 0 Å². The molecule has 1 aromatic carbocycles. The summed E-state index contributed by atoms with van der Waals surface area (Å²) in [6, 6.07) is 9.44. The number of carbonyl (C=O) groups is 1. The smallest absolute Gasteiger partial charge is 0.251 e. The van der Waals surface area contributed by atoms with Crippen LogP contribution in [0.3, 0.4) is 0 Å². The zero-order valence-electron chi connectivity index (χ0n) is 11.4. The zero-order valence-corrected chi connectivity index (χ0v) is 11.4. The van der Waals surface area contributed by atoms with Crippen molar-refractivity contribution in [2.75, 3.05) is 11.9 Å².